The minimum Gasteiger partial charge on any atom is -0.465 e. The lowest BCUT2D eigenvalue weighted by Gasteiger charge is -2.09. The largest absolute Gasteiger partial charge is 0.465 e. The van der Waals surface area contributed by atoms with Gasteiger partial charge in [-0.2, -0.15) is 0 Å². The summed E-state index contributed by atoms with van der Waals surface area (Å²) in [6.45, 7) is 3.36. The van der Waals surface area contributed by atoms with Gasteiger partial charge < -0.3 is 4.74 Å². The van der Waals surface area contributed by atoms with Crippen molar-refractivity contribution in [3.63, 3.8) is 0 Å². The lowest BCUT2D eigenvalue weighted by atomic mass is 10.1. The Morgan fingerprint density at radius 3 is 2.72 bits per heavy atom. The highest BCUT2D eigenvalue weighted by Crippen LogP contribution is 2.28. The Morgan fingerprint density at radius 1 is 1.39 bits per heavy atom. The molecule has 2 rings (SSSR count). The molecule has 0 aliphatic carbocycles. The molecule has 0 aliphatic heterocycles. The molecule has 1 heterocycles. The minimum atomic E-state index is -0.901. The molecule has 0 saturated carbocycles. The summed E-state index contributed by atoms with van der Waals surface area (Å²) in [5.74, 6) is -1.67. The Hall–Kier alpha value is -1.75. The number of benzene rings is 1. The Bertz CT molecular complexity index is 558. The number of hydrogen-bond acceptors (Lipinski definition) is 5. The number of carbonyl (C=O) groups excluding carboxylic acids is 2. The van der Waals surface area contributed by atoms with Crippen molar-refractivity contribution >= 4 is 33.3 Å². The second kappa shape index (κ2) is 5.27. The summed E-state index contributed by atoms with van der Waals surface area (Å²) in [6, 6.07) is 7.55. The number of para-hydroxylation sites is 1. The first-order valence-corrected chi connectivity index (χ1v) is 6.47. The van der Waals surface area contributed by atoms with E-state index in [0.717, 1.165) is 10.2 Å². The fourth-order valence-corrected chi connectivity index (χ4v) is 2.79. The predicted octanol–water partition coefficient (Wildman–Crippen LogP) is 2.53. The molecule has 1 unspecified atom stereocenters. The summed E-state index contributed by atoms with van der Waals surface area (Å²) in [5.41, 5.74) is 0.799. The zero-order valence-electron chi connectivity index (χ0n) is 10.2. The molecule has 1 aromatic carbocycles. The third-order valence-electron chi connectivity index (χ3n) is 2.49. The van der Waals surface area contributed by atoms with E-state index < -0.39 is 11.9 Å². The van der Waals surface area contributed by atoms with Gasteiger partial charge in [0.1, 0.15) is 5.01 Å². The van der Waals surface area contributed by atoms with Gasteiger partial charge in [-0.1, -0.05) is 12.1 Å². The molecule has 94 valence electrons. The molecular weight excluding hydrogens is 250 g/mol. The molecule has 2 aromatic rings. The van der Waals surface area contributed by atoms with E-state index in [1.54, 1.807) is 6.92 Å². The summed E-state index contributed by atoms with van der Waals surface area (Å²) in [7, 11) is 0. The first-order chi connectivity index (χ1) is 8.63. The first kappa shape index (κ1) is 12.7. The summed E-state index contributed by atoms with van der Waals surface area (Å²) < 4.78 is 5.88. The van der Waals surface area contributed by atoms with Gasteiger partial charge in [-0.15, -0.1) is 11.3 Å². The van der Waals surface area contributed by atoms with Gasteiger partial charge in [-0.05, 0) is 26.0 Å². The van der Waals surface area contributed by atoms with E-state index >= 15 is 0 Å². The quantitative estimate of drug-likeness (QED) is 0.628. The SMILES string of the molecule is CCOC(=O)C(C(C)=O)c1nc2ccccc2s1. The number of ketones is 1. The van der Waals surface area contributed by atoms with Crippen LogP contribution in [0, 0.1) is 0 Å². The lowest BCUT2D eigenvalue weighted by molar-refractivity contribution is -0.147. The number of rotatable bonds is 4. The van der Waals surface area contributed by atoms with E-state index in [1.807, 2.05) is 24.3 Å². The van der Waals surface area contributed by atoms with Crippen LogP contribution in [0.3, 0.4) is 0 Å². The summed E-state index contributed by atoms with van der Waals surface area (Å²) >= 11 is 1.36. The Labute approximate surface area is 109 Å². The van der Waals surface area contributed by atoms with Crippen molar-refractivity contribution < 1.29 is 14.3 Å². The van der Waals surface area contributed by atoms with E-state index in [9.17, 15) is 9.59 Å². The number of nitrogens with zero attached hydrogens (tertiary/aromatic N) is 1. The molecule has 0 saturated heterocycles. The minimum absolute atomic E-state index is 0.243. The average molecular weight is 263 g/mol. The van der Waals surface area contributed by atoms with Crippen LogP contribution < -0.4 is 0 Å². The van der Waals surface area contributed by atoms with Crippen molar-refractivity contribution in [2.24, 2.45) is 0 Å². The highest BCUT2D eigenvalue weighted by atomic mass is 32.1. The lowest BCUT2D eigenvalue weighted by Crippen LogP contribution is -2.22. The number of carbonyl (C=O) groups is 2. The van der Waals surface area contributed by atoms with Gasteiger partial charge in [-0.25, -0.2) is 4.98 Å². The maximum absolute atomic E-state index is 11.8. The molecule has 0 spiro atoms. The van der Waals surface area contributed by atoms with E-state index in [1.165, 1.54) is 18.3 Å². The van der Waals surface area contributed by atoms with Gasteiger partial charge in [0.15, 0.2) is 11.7 Å². The molecule has 0 radical (unpaired) electrons. The van der Waals surface area contributed by atoms with Crippen molar-refractivity contribution in [1.29, 1.82) is 0 Å². The van der Waals surface area contributed by atoms with Crippen LogP contribution in [-0.4, -0.2) is 23.3 Å². The number of Topliss-reactive ketones (excluding diaryl/α,β-unsaturated/α-hetero) is 1. The molecule has 5 heteroatoms. The zero-order chi connectivity index (χ0) is 13.1. The third kappa shape index (κ3) is 2.41. The molecule has 0 aliphatic rings. The van der Waals surface area contributed by atoms with Crippen molar-refractivity contribution in [2.45, 2.75) is 19.8 Å². The standard InChI is InChI=1S/C13H13NO3S/c1-3-17-13(16)11(8(2)15)12-14-9-6-4-5-7-10(9)18-12/h4-7,11H,3H2,1-2H3. The molecule has 18 heavy (non-hydrogen) atoms. The molecule has 0 fully saturated rings. The molecule has 1 atom stereocenters. The molecule has 0 amide bonds. The van der Waals surface area contributed by atoms with Crippen LogP contribution in [0.15, 0.2) is 24.3 Å². The van der Waals surface area contributed by atoms with E-state index in [4.69, 9.17) is 4.74 Å². The second-order valence-electron chi connectivity index (χ2n) is 3.82. The van der Waals surface area contributed by atoms with Gasteiger partial charge in [0, 0.05) is 0 Å². The average Bonchev–Trinajstić information content (AvgIpc) is 2.71. The number of hydrogen-bond donors (Lipinski definition) is 0. The number of fused-ring (bicyclic) bond motifs is 1. The van der Waals surface area contributed by atoms with Gasteiger partial charge in [0.2, 0.25) is 0 Å². The topological polar surface area (TPSA) is 56.3 Å². The molecular formula is C13H13NO3S. The van der Waals surface area contributed by atoms with Gasteiger partial charge in [0.25, 0.3) is 0 Å². The number of ether oxygens (including phenoxy) is 1. The summed E-state index contributed by atoms with van der Waals surface area (Å²) in [4.78, 5) is 27.7. The van der Waals surface area contributed by atoms with E-state index in [-0.39, 0.29) is 12.4 Å². The Balaban J connectivity index is 2.42. The van der Waals surface area contributed by atoms with Crippen molar-refractivity contribution in [3.8, 4) is 0 Å². The monoisotopic (exact) mass is 263 g/mol. The summed E-state index contributed by atoms with van der Waals surface area (Å²) in [5, 5.41) is 0.502. The van der Waals surface area contributed by atoms with E-state index in [2.05, 4.69) is 4.98 Å². The Kier molecular flexibility index (Phi) is 3.72. The van der Waals surface area contributed by atoms with Crippen LogP contribution in [-0.2, 0) is 14.3 Å². The van der Waals surface area contributed by atoms with Gasteiger partial charge >= 0.3 is 5.97 Å². The fraction of sp³-hybridized carbons (Fsp3) is 0.308. The van der Waals surface area contributed by atoms with Crippen molar-refractivity contribution in [3.05, 3.63) is 29.3 Å². The normalized spacial score (nSPS) is 12.3. The summed E-state index contributed by atoms with van der Waals surface area (Å²) in [6.07, 6.45) is 0. The van der Waals surface area contributed by atoms with Crippen molar-refractivity contribution in [2.75, 3.05) is 6.61 Å². The Morgan fingerprint density at radius 2 is 2.11 bits per heavy atom. The molecule has 0 N–H and O–H groups in total. The second-order valence-corrected chi connectivity index (χ2v) is 4.88. The van der Waals surface area contributed by atoms with Crippen LogP contribution in [0.5, 0.6) is 0 Å². The van der Waals surface area contributed by atoms with Gasteiger partial charge in [0.05, 0.1) is 16.8 Å². The predicted molar refractivity (Wildman–Crippen MR) is 69.7 cm³/mol. The van der Waals surface area contributed by atoms with Crippen LogP contribution in [0.4, 0.5) is 0 Å². The van der Waals surface area contributed by atoms with Crippen LogP contribution in [0.25, 0.3) is 10.2 Å². The number of aromatic nitrogens is 1. The maximum atomic E-state index is 11.8. The molecule has 0 bridgehead atoms. The third-order valence-corrected chi connectivity index (χ3v) is 3.59. The highest BCUT2D eigenvalue weighted by molar-refractivity contribution is 7.18. The van der Waals surface area contributed by atoms with Gasteiger partial charge in [-0.3, -0.25) is 9.59 Å². The van der Waals surface area contributed by atoms with Crippen LogP contribution in [0.1, 0.15) is 24.8 Å². The number of thiazole rings is 1. The van der Waals surface area contributed by atoms with E-state index in [0.29, 0.717) is 5.01 Å². The smallest absolute Gasteiger partial charge is 0.323 e. The molecule has 4 nitrogen and oxygen atoms in total. The first-order valence-electron chi connectivity index (χ1n) is 5.66. The number of esters is 1. The molecule has 1 aromatic heterocycles. The van der Waals surface area contributed by atoms with Crippen molar-refractivity contribution in [1.82, 2.24) is 4.98 Å². The zero-order valence-corrected chi connectivity index (χ0v) is 11.0. The van der Waals surface area contributed by atoms with Crippen LogP contribution >= 0.6 is 11.3 Å². The highest BCUT2D eigenvalue weighted by Gasteiger charge is 2.29. The fourth-order valence-electron chi connectivity index (χ4n) is 1.68. The maximum Gasteiger partial charge on any atom is 0.323 e. The van der Waals surface area contributed by atoms with Crippen LogP contribution in [0.2, 0.25) is 0 Å².